The Morgan fingerprint density at radius 1 is 1.05 bits per heavy atom. The second kappa shape index (κ2) is 5.43. The molecule has 1 aliphatic carbocycles. The Balaban J connectivity index is 1.96. The fraction of sp³-hybridized carbons (Fsp3) is 0.364. The van der Waals surface area contributed by atoms with Crippen molar-refractivity contribution in [3.8, 4) is 0 Å². The Labute approximate surface area is 134 Å². The summed E-state index contributed by atoms with van der Waals surface area (Å²) in [5.74, 6) is 1.18. The number of aryl methyl sites for hydroxylation is 3. The van der Waals surface area contributed by atoms with Crippen molar-refractivity contribution in [2.75, 3.05) is 0 Å². The van der Waals surface area contributed by atoms with Gasteiger partial charge in [-0.1, -0.05) is 61.0 Å². The van der Waals surface area contributed by atoms with Gasteiger partial charge in [0.25, 0.3) is 0 Å². The van der Waals surface area contributed by atoms with Crippen LogP contribution in [0.4, 0.5) is 0 Å². The molecule has 22 heavy (non-hydrogen) atoms. The van der Waals surface area contributed by atoms with Gasteiger partial charge >= 0.3 is 0 Å². The molecule has 3 unspecified atom stereocenters. The minimum atomic E-state index is 0.299. The first-order valence-electron chi connectivity index (χ1n) is 8.21. The standard InChI is InChI=1S/C22H26/c1-6-19-21(20-16(3)12-15(2)13-17(20)4)22(19,5)14-18-10-8-7-9-11-18/h6-13,19,21H,1,14H2,2-5H3. The van der Waals surface area contributed by atoms with Crippen LogP contribution < -0.4 is 0 Å². The highest BCUT2D eigenvalue weighted by molar-refractivity contribution is 5.47. The summed E-state index contributed by atoms with van der Waals surface area (Å²) in [6, 6.07) is 15.5. The zero-order valence-electron chi connectivity index (χ0n) is 14.2. The van der Waals surface area contributed by atoms with Crippen LogP contribution in [-0.4, -0.2) is 0 Å². The summed E-state index contributed by atoms with van der Waals surface area (Å²) in [5, 5.41) is 0. The van der Waals surface area contributed by atoms with E-state index in [1.165, 1.54) is 22.3 Å². The van der Waals surface area contributed by atoms with Crippen molar-refractivity contribution in [3.05, 3.63) is 82.9 Å². The van der Waals surface area contributed by atoms with Gasteiger partial charge in [-0.15, -0.1) is 6.58 Å². The van der Waals surface area contributed by atoms with Gasteiger partial charge in [-0.25, -0.2) is 0 Å². The number of rotatable bonds is 4. The number of hydrogen-bond acceptors (Lipinski definition) is 0. The van der Waals surface area contributed by atoms with Gasteiger partial charge in [0.1, 0.15) is 0 Å². The Morgan fingerprint density at radius 2 is 1.64 bits per heavy atom. The molecule has 0 bridgehead atoms. The average Bonchev–Trinajstić information content (AvgIpc) is 3.02. The minimum absolute atomic E-state index is 0.299. The van der Waals surface area contributed by atoms with E-state index in [0.717, 1.165) is 6.42 Å². The average molecular weight is 290 g/mol. The maximum Gasteiger partial charge on any atom is -0.00253 e. The quantitative estimate of drug-likeness (QED) is 0.628. The topological polar surface area (TPSA) is 0 Å². The van der Waals surface area contributed by atoms with E-state index >= 15 is 0 Å². The maximum absolute atomic E-state index is 4.11. The summed E-state index contributed by atoms with van der Waals surface area (Å²) in [6.45, 7) is 13.2. The normalized spacial score (nSPS) is 26.7. The molecule has 1 aliphatic rings. The smallest absolute Gasteiger partial charge is 0.00253 e. The van der Waals surface area contributed by atoms with Crippen molar-refractivity contribution >= 4 is 0 Å². The molecular weight excluding hydrogens is 264 g/mol. The number of benzene rings is 2. The monoisotopic (exact) mass is 290 g/mol. The van der Waals surface area contributed by atoms with Crippen LogP contribution in [0.1, 0.15) is 40.7 Å². The van der Waals surface area contributed by atoms with E-state index in [9.17, 15) is 0 Å². The van der Waals surface area contributed by atoms with Crippen LogP contribution in [0.25, 0.3) is 0 Å². The van der Waals surface area contributed by atoms with Crippen LogP contribution in [0.15, 0.2) is 55.1 Å². The fourth-order valence-electron chi connectivity index (χ4n) is 4.46. The van der Waals surface area contributed by atoms with E-state index in [4.69, 9.17) is 0 Å². The Hall–Kier alpha value is -1.82. The van der Waals surface area contributed by atoms with Gasteiger partial charge in [-0.2, -0.15) is 0 Å². The lowest BCUT2D eigenvalue weighted by atomic mass is 9.89. The first-order chi connectivity index (χ1) is 10.5. The van der Waals surface area contributed by atoms with Crippen molar-refractivity contribution < 1.29 is 0 Å². The third-order valence-electron chi connectivity index (χ3n) is 5.45. The number of hydrogen-bond donors (Lipinski definition) is 0. The van der Waals surface area contributed by atoms with Gasteiger partial charge in [-0.05, 0) is 66.7 Å². The summed E-state index contributed by atoms with van der Waals surface area (Å²) in [5.41, 5.74) is 7.51. The molecule has 114 valence electrons. The SMILES string of the molecule is C=CC1C(c2c(C)cc(C)cc2C)C1(C)Cc1ccccc1. The van der Waals surface area contributed by atoms with Crippen LogP contribution in [-0.2, 0) is 6.42 Å². The molecule has 0 heterocycles. The molecule has 0 aliphatic heterocycles. The van der Waals surface area contributed by atoms with Gasteiger partial charge in [-0.3, -0.25) is 0 Å². The highest BCUT2D eigenvalue weighted by Crippen LogP contribution is 2.67. The van der Waals surface area contributed by atoms with Crippen molar-refractivity contribution in [1.29, 1.82) is 0 Å². The summed E-state index contributed by atoms with van der Waals surface area (Å²) >= 11 is 0. The number of allylic oxidation sites excluding steroid dienone is 1. The molecule has 0 heteroatoms. The van der Waals surface area contributed by atoms with Gasteiger partial charge in [0.2, 0.25) is 0 Å². The first-order valence-corrected chi connectivity index (χ1v) is 8.21. The Kier molecular flexibility index (Phi) is 3.72. The van der Waals surface area contributed by atoms with Crippen LogP contribution in [0.2, 0.25) is 0 Å². The van der Waals surface area contributed by atoms with Gasteiger partial charge < -0.3 is 0 Å². The predicted molar refractivity (Wildman–Crippen MR) is 95.3 cm³/mol. The summed E-state index contributed by atoms with van der Waals surface area (Å²) in [4.78, 5) is 0. The zero-order valence-corrected chi connectivity index (χ0v) is 14.2. The summed E-state index contributed by atoms with van der Waals surface area (Å²) in [7, 11) is 0. The third kappa shape index (κ3) is 2.41. The predicted octanol–water partition coefficient (Wildman–Crippen LogP) is 5.76. The van der Waals surface area contributed by atoms with E-state index < -0.39 is 0 Å². The summed E-state index contributed by atoms with van der Waals surface area (Å²) in [6.07, 6.45) is 3.30. The van der Waals surface area contributed by atoms with Crippen molar-refractivity contribution in [2.24, 2.45) is 11.3 Å². The molecule has 0 N–H and O–H groups in total. The minimum Gasteiger partial charge on any atom is -0.103 e. The van der Waals surface area contributed by atoms with Crippen LogP contribution >= 0.6 is 0 Å². The molecule has 1 fully saturated rings. The molecule has 2 aromatic carbocycles. The molecule has 0 spiro atoms. The lowest BCUT2D eigenvalue weighted by Crippen LogP contribution is -2.05. The lowest BCUT2D eigenvalue weighted by Gasteiger charge is -2.16. The maximum atomic E-state index is 4.11. The molecule has 0 aromatic heterocycles. The summed E-state index contributed by atoms with van der Waals surface area (Å²) < 4.78 is 0. The molecular formula is C22H26. The third-order valence-corrected chi connectivity index (χ3v) is 5.45. The molecule has 3 rings (SSSR count). The van der Waals surface area contributed by atoms with Gasteiger partial charge in [0, 0.05) is 0 Å². The molecule has 0 nitrogen and oxygen atoms in total. The molecule has 3 atom stereocenters. The van der Waals surface area contributed by atoms with E-state index in [2.05, 4.69) is 82.8 Å². The van der Waals surface area contributed by atoms with Crippen LogP contribution in [0, 0.1) is 32.1 Å². The van der Waals surface area contributed by atoms with E-state index in [1.54, 1.807) is 5.56 Å². The fourth-order valence-corrected chi connectivity index (χ4v) is 4.46. The molecule has 1 saturated carbocycles. The highest BCUT2D eigenvalue weighted by atomic mass is 14.6. The van der Waals surface area contributed by atoms with Gasteiger partial charge in [0.05, 0.1) is 0 Å². The Morgan fingerprint density at radius 3 is 2.18 bits per heavy atom. The van der Waals surface area contributed by atoms with Crippen LogP contribution in [0.5, 0.6) is 0 Å². The molecule has 0 saturated heterocycles. The van der Waals surface area contributed by atoms with Crippen molar-refractivity contribution in [3.63, 3.8) is 0 Å². The largest absolute Gasteiger partial charge is 0.103 e. The Bertz CT molecular complexity index is 672. The first kappa shape index (κ1) is 15.1. The van der Waals surface area contributed by atoms with E-state index in [-0.39, 0.29) is 0 Å². The van der Waals surface area contributed by atoms with E-state index in [0.29, 0.717) is 17.3 Å². The van der Waals surface area contributed by atoms with E-state index in [1.807, 2.05) is 0 Å². The van der Waals surface area contributed by atoms with Gasteiger partial charge in [0.15, 0.2) is 0 Å². The molecule has 2 aromatic rings. The van der Waals surface area contributed by atoms with Crippen molar-refractivity contribution in [1.82, 2.24) is 0 Å². The van der Waals surface area contributed by atoms with Crippen molar-refractivity contribution in [2.45, 2.75) is 40.0 Å². The van der Waals surface area contributed by atoms with Crippen LogP contribution in [0.3, 0.4) is 0 Å². The molecule has 0 radical (unpaired) electrons. The highest BCUT2D eigenvalue weighted by Gasteiger charge is 2.60. The zero-order chi connectivity index (χ0) is 15.9. The lowest BCUT2D eigenvalue weighted by molar-refractivity contribution is 0.521. The molecule has 0 amide bonds. The second-order valence-corrected chi connectivity index (χ2v) is 7.22. The second-order valence-electron chi connectivity index (χ2n) is 7.22.